The molecule has 0 N–H and O–H groups in total. The smallest absolute Gasteiger partial charge is 0.225 e. The Morgan fingerprint density at radius 1 is 1.22 bits per heavy atom. The molecule has 2 saturated heterocycles. The Bertz CT molecular complexity index is 527. The molecule has 5 heteroatoms. The van der Waals surface area contributed by atoms with Gasteiger partial charge in [-0.3, -0.25) is 9.69 Å². The van der Waals surface area contributed by atoms with Gasteiger partial charge in [-0.1, -0.05) is 0 Å². The normalized spacial score (nSPS) is 27.3. The van der Waals surface area contributed by atoms with Crippen molar-refractivity contribution in [3.8, 4) is 0 Å². The third-order valence-electron chi connectivity index (χ3n) is 4.84. The number of hydrogen-bond acceptors (Lipinski definition) is 4. The molecular weight excluding hydrogens is 308 g/mol. The first-order chi connectivity index (χ1) is 11.0. The van der Waals surface area contributed by atoms with Crippen LogP contribution in [0.15, 0.2) is 12.1 Å². The molecule has 1 amide bonds. The van der Waals surface area contributed by atoms with Crippen molar-refractivity contribution in [2.75, 3.05) is 26.2 Å². The summed E-state index contributed by atoms with van der Waals surface area (Å²) in [5, 5.41) is 0. The standard InChI is InChI=1S/C18H28N2O2S/c1-13-10-20(11-14(2)22-13)18(21)16-6-8-19(9-7-16)12-17-5-4-15(3)23-17/h4-5,13-14,16H,6-12H2,1-3H3. The van der Waals surface area contributed by atoms with E-state index in [0.29, 0.717) is 5.91 Å². The molecule has 2 aliphatic heterocycles. The molecule has 3 rings (SSSR count). The number of nitrogens with zero attached hydrogens (tertiary/aromatic N) is 2. The molecule has 2 fully saturated rings. The molecule has 128 valence electrons. The number of thiophene rings is 1. The van der Waals surface area contributed by atoms with E-state index in [1.165, 1.54) is 9.75 Å². The minimum absolute atomic E-state index is 0.157. The monoisotopic (exact) mass is 336 g/mol. The second-order valence-corrected chi connectivity index (χ2v) is 8.44. The van der Waals surface area contributed by atoms with E-state index < -0.39 is 0 Å². The Morgan fingerprint density at radius 3 is 2.43 bits per heavy atom. The Morgan fingerprint density at radius 2 is 1.87 bits per heavy atom. The van der Waals surface area contributed by atoms with Crippen molar-refractivity contribution < 1.29 is 9.53 Å². The topological polar surface area (TPSA) is 32.8 Å². The van der Waals surface area contributed by atoms with Crippen molar-refractivity contribution in [2.24, 2.45) is 5.92 Å². The lowest BCUT2D eigenvalue weighted by Crippen LogP contribution is -2.51. The number of carbonyl (C=O) groups is 1. The van der Waals surface area contributed by atoms with Gasteiger partial charge < -0.3 is 9.64 Å². The maximum absolute atomic E-state index is 12.8. The third-order valence-corrected chi connectivity index (χ3v) is 5.83. The Labute approximate surface area is 143 Å². The number of aryl methyl sites for hydroxylation is 1. The van der Waals surface area contributed by atoms with Gasteiger partial charge in [0.2, 0.25) is 5.91 Å². The summed E-state index contributed by atoms with van der Waals surface area (Å²) in [6.45, 7) is 10.9. The van der Waals surface area contributed by atoms with Crippen LogP contribution in [0.25, 0.3) is 0 Å². The average molecular weight is 337 g/mol. The number of morpholine rings is 1. The van der Waals surface area contributed by atoms with Gasteiger partial charge >= 0.3 is 0 Å². The van der Waals surface area contributed by atoms with Crippen molar-refractivity contribution in [3.63, 3.8) is 0 Å². The van der Waals surface area contributed by atoms with Gasteiger partial charge in [0.15, 0.2) is 0 Å². The summed E-state index contributed by atoms with van der Waals surface area (Å²) in [5.74, 6) is 0.549. The van der Waals surface area contributed by atoms with Crippen LogP contribution in [0.3, 0.4) is 0 Å². The number of piperidine rings is 1. The van der Waals surface area contributed by atoms with E-state index in [9.17, 15) is 4.79 Å². The summed E-state index contributed by atoms with van der Waals surface area (Å²) in [6.07, 6.45) is 2.29. The summed E-state index contributed by atoms with van der Waals surface area (Å²) in [4.78, 5) is 20.1. The first-order valence-electron chi connectivity index (χ1n) is 8.73. The van der Waals surface area contributed by atoms with Gasteiger partial charge in [0, 0.05) is 35.3 Å². The summed E-state index contributed by atoms with van der Waals surface area (Å²) in [5.41, 5.74) is 0. The lowest BCUT2D eigenvalue weighted by molar-refractivity contribution is -0.148. The van der Waals surface area contributed by atoms with Crippen LogP contribution < -0.4 is 0 Å². The highest BCUT2D eigenvalue weighted by Crippen LogP contribution is 2.24. The summed E-state index contributed by atoms with van der Waals surface area (Å²) in [7, 11) is 0. The van der Waals surface area contributed by atoms with E-state index in [2.05, 4.69) is 37.8 Å². The molecule has 2 atom stereocenters. The molecule has 0 saturated carbocycles. The van der Waals surface area contributed by atoms with Gasteiger partial charge in [0.25, 0.3) is 0 Å². The SMILES string of the molecule is Cc1ccc(CN2CCC(C(=O)N3CC(C)OC(C)C3)CC2)s1. The maximum Gasteiger partial charge on any atom is 0.225 e. The third kappa shape index (κ3) is 4.34. The number of carbonyl (C=O) groups excluding carboxylic acids is 1. The van der Waals surface area contributed by atoms with E-state index in [1.807, 2.05) is 16.2 Å². The lowest BCUT2D eigenvalue weighted by atomic mass is 9.94. The number of rotatable bonds is 3. The Hall–Kier alpha value is -0.910. The molecule has 1 aromatic heterocycles. The van der Waals surface area contributed by atoms with Gasteiger partial charge in [0.05, 0.1) is 12.2 Å². The average Bonchev–Trinajstić information content (AvgIpc) is 2.91. The van der Waals surface area contributed by atoms with E-state index in [0.717, 1.165) is 45.6 Å². The molecule has 0 aromatic carbocycles. The highest BCUT2D eigenvalue weighted by Gasteiger charge is 2.32. The fraction of sp³-hybridized carbons (Fsp3) is 0.722. The number of ether oxygens (including phenoxy) is 1. The van der Waals surface area contributed by atoms with Gasteiger partial charge in [0.1, 0.15) is 0 Å². The van der Waals surface area contributed by atoms with Crippen molar-refractivity contribution in [2.45, 2.75) is 52.4 Å². The van der Waals surface area contributed by atoms with Crippen molar-refractivity contribution in [1.29, 1.82) is 0 Å². The van der Waals surface area contributed by atoms with Gasteiger partial charge in [-0.25, -0.2) is 0 Å². The molecule has 0 bridgehead atoms. The second-order valence-electron chi connectivity index (χ2n) is 7.06. The molecule has 4 nitrogen and oxygen atoms in total. The van der Waals surface area contributed by atoms with Crippen LogP contribution in [0.1, 0.15) is 36.4 Å². The fourth-order valence-electron chi connectivity index (χ4n) is 3.74. The molecule has 23 heavy (non-hydrogen) atoms. The van der Waals surface area contributed by atoms with E-state index in [4.69, 9.17) is 4.74 Å². The van der Waals surface area contributed by atoms with Gasteiger partial charge in [-0.2, -0.15) is 0 Å². The minimum Gasteiger partial charge on any atom is -0.372 e. The van der Waals surface area contributed by atoms with Crippen LogP contribution in [-0.4, -0.2) is 54.1 Å². The number of hydrogen-bond donors (Lipinski definition) is 0. The number of amides is 1. The quantitative estimate of drug-likeness (QED) is 0.851. The summed E-state index contributed by atoms with van der Waals surface area (Å²) in [6, 6.07) is 4.42. The van der Waals surface area contributed by atoms with E-state index in [-0.39, 0.29) is 18.1 Å². The van der Waals surface area contributed by atoms with Crippen LogP contribution in [-0.2, 0) is 16.1 Å². The molecule has 0 aliphatic carbocycles. The Kier molecular flexibility index (Phi) is 5.39. The lowest BCUT2D eigenvalue weighted by Gasteiger charge is -2.39. The van der Waals surface area contributed by atoms with Crippen molar-refractivity contribution in [1.82, 2.24) is 9.80 Å². The van der Waals surface area contributed by atoms with Gasteiger partial charge in [-0.05, 0) is 58.8 Å². The van der Waals surface area contributed by atoms with Crippen LogP contribution in [0, 0.1) is 12.8 Å². The highest BCUT2D eigenvalue weighted by atomic mass is 32.1. The highest BCUT2D eigenvalue weighted by molar-refractivity contribution is 7.11. The minimum atomic E-state index is 0.157. The predicted octanol–water partition coefficient (Wildman–Crippen LogP) is 2.90. The largest absolute Gasteiger partial charge is 0.372 e. The van der Waals surface area contributed by atoms with E-state index in [1.54, 1.807) is 0 Å². The molecule has 0 radical (unpaired) electrons. The summed E-state index contributed by atoms with van der Waals surface area (Å²) >= 11 is 1.88. The van der Waals surface area contributed by atoms with Crippen molar-refractivity contribution in [3.05, 3.63) is 21.9 Å². The zero-order valence-electron chi connectivity index (χ0n) is 14.5. The predicted molar refractivity (Wildman–Crippen MR) is 93.6 cm³/mol. The first kappa shape index (κ1) is 16.9. The Balaban J connectivity index is 1.49. The van der Waals surface area contributed by atoms with Crippen LogP contribution in [0.5, 0.6) is 0 Å². The zero-order chi connectivity index (χ0) is 16.4. The van der Waals surface area contributed by atoms with Crippen LogP contribution in [0.2, 0.25) is 0 Å². The van der Waals surface area contributed by atoms with Gasteiger partial charge in [-0.15, -0.1) is 11.3 Å². The van der Waals surface area contributed by atoms with E-state index >= 15 is 0 Å². The molecule has 2 unspecified atom stereocenters. The van der Waals surface area contributed by atoms with Crippen molar-refractivity contribution >= 4 is 17.2 Å². The molecule has 3 heterocycles. The number of likely N-dealkylation sites (tertiary alicyclic amines) is 1. The molecule has 0 spiro atoms. The zero-order valence-corrected chi connectivity index (χ0v) is 15.3. The summed E-state index contributed by atoms with van der Waals surface area (Å²) < 4.78 is 5.74. The first-order valence-corrected chi connectivity index (χ1v) is 9.55. The van der Waals surface area contributed by atoms with Crippen LogP contribution >= 0.6 is 11.3 Å². The molecular formula is C18H28N2O2S. The maximum atomic E-state index is 12.8. The fourth-order valence-corrected chi connectivity index (χ4v) is 4.68. The second kappa shape index (κ2) is 7.32. The molecule has 1 aromatic rings. The van der Waals surface area contributed by atoms with Crippen LogP contribution in [0.4, 0.5) is 0 Å². The molecule has 2 aliphatic rings.